The predicted molar refractivity (Wildman–Crippen MR) is 99.9 cm³/mol. The molecule has 3 rings (SSSR count). The third-order valence-corrected chi connectivity index (χ3v) is 6.48. The van der Waals surface area contributed by atoms with E-state index in [1.807, 2.05) is 0 Å². The summed E-state index contributed by atoms with van der Waals surface area (Å²) in [4.78, 5) is 29.1. The first-order valence-electron chi connectivity index (χ1n) is 8.79. The van der Waals surface area contributed by atoms with Gasteiger partial charge in [-0.1, -0.05) is 12.1 Å². The van der Waals surface area contributed by atoms with Gasteiger partial charge in [-0.05, 0) is 23.8 Å². The van der Waals surface area contributed by atoms with E-state index in [0.717, 1.165) is 34.6 Å². The SMILES string of the molecule is CN(C)S(=O)(=O)c1c[nH]c(C(=O)N2CCNC(=O)C2c2ccc(C(F)(F)F)cc2)c1. The Kier molecular flexibility index (Phi) is 5.65. The summed E-state index contributed by atoms with van der Waals surface area (Å²) in [5, 5.41) is 2.59. The Hall–Kier alpha value is -2.86. The van der Waals surface area contributed by atoms with Gasteiger partial charge in [0.25, 0.3) is 5.91 Å². The van der Waals surface area contributed by atoms with Crippen LogP contribution in [0.3, 0.4) is 0 Å². The second-order valence-electron chi connectivity index (χ2n) is 6.85. The molecule has 2 aromatic rings. The second-order valence-corrected chi connectivity index (χ2v) is 9.00. The maximum absolute atomic E-state index is 13.0. The van der Waals surface area contributed by atoms with Crippen molar-refractivity contribution in [3.63, 3.8) is 0 Å². The Labute approximate surface area is 170 Å². The van der Waals surface area contributed by atoms with E-state index in [2.05, 4.69) is 10.3 Å². The minimum atomic E-state index is -4.53. The first kappa shape index (κ1) is 21.8. The number of carbonyl (C=O) groups is 2. The monoisotopic (exact) mass is 444 g/mol. The van der Waals surface area contributed by atoms with Gasteiger partial charge in [0.2, 0.25) is 15.9 Å². The minimum Gasteiger partial charge on any atom is -0.356 e. The van der Waals surface area contributed by atoms with E-state index in [0.29, 0.717) is 0 Å². The van der Waals surface area contributed by atoms with Crippen molar-refractivity contribution < 1.29 is 31.2 Å². The number of nitrogens with zero attached hydrogens (tertiary/aromatic N) is 2. The van der Waals surface area contributed by atoms with E-state index < -0.39 is 39.6 Å². The number of aromatic nitrogens is 1. The van der Waals surface area contributed by atoms with Gasteiger partial charge in [0.15, 0.2) is 0 Å². The van der Waals surface area contributed by atoms with Gasteiger partial charge >= 0.3 is 6.18 Å². The molecule has 1 aromatic heterocycles. The van der Waals surface area contributed by atoms with Gasteiger partial charge in [0.1, 0.15) is 16.6 Å². The van der Waals surface area contributed by atoms with Gasteiger partial charge in [-0.25, -0.2) is 12.7 Å². The topological polar surface area (TPSA) is 103 Å². The summed E-state index contributed by atoms with van der Waals surface area (Å²) in [7, 11) is -1.08. The van der Waals surface area contributed by atoms with Crippen molar-refractivity contribution in [2.24, 2.45) is 0 Å². The highest BCUT2D eigenvalue weighted by atomic mass is 32.2. The zero-order chi connectivity index (χ0) is 22.3. The van der Waals surface area contributed by atoms with Crippen LogP contribution in [0.25, 0.3) is 0 Å². The van der Waals surface area contributed by atoms with Crippen LogP contribution >= 0.6 is 0 Å². The minimum absolute atomic E-state index is 0.0537. The molecule has 0 saturated carbocycles. The van der Waals surface area contributed by atoms with E-state index in [9.17, 15) is 31.2 Å². The summed E-state index contributed by atoms with van der Waals surface area (Å²) in [5.41, 5.74) is -0.716. The molecule has 0 bridgehead atoms. The molecule has 2 heterocycles. The first-order chi connectivity index (χ1) is 13.9. The largest absolute Gasteiger partial charge is 0.416 e. The van der Waals surface area contributed by atoms with E-state index in [1.165, 1.54) is 25.2 Å². The summed E-state index contributed by atoms with van der Waals surface area (Å²) in [6.45, 7) is 0.260. The number of sulfonamides is 1. The molecule has 0 spiro atoms. The van der Waals surface area contributed by atoms with Crippen LogP contribution in [0.1, 0.15) is 27.7 Å². The Balaban J connectivity index is 1.93. The lowest BCUT2D eigenvalue weighted by Crippen LogP contribution is -2.52. The van der Waals surface area contributed by atoms with E-state index in [1.54, 1.807) is 0 Å². The summed E-state index contributed by atoms with van der Waals surface area (Å²) in [5.74, 6) is -1.18. The van der Waals surface area contributed by atoms with Gasteiger partial charge < -0.3 is 15.2 Å². The van der Waals surface area contributed by atoms with Crippen LogP contribution < -0.4 is 5.32 Å². The molecule has 1 aromatic carbocycles. The number of hydrogen-bond acceptors (Lipinski definition) is 4. The predicted octanol–water partition coefficient (Wildman–Crippen LogP) is 1.60. The average molecular weight is 444 g/mol. The molecule has 1 saturated heterocycles. The fourth-order valence-electron chi connectivity index (χ4n) is 3.08. The lowest BCUT2D eigenvalue weighted by atomic mass is 10.0. The molecule has 8 nitrogen and oxygen atoms in total. The molecule has 1 aliphatic rings. The van der Waals surface area contributed by atoms with Crippen LogP contribution in [0.2, 0.25) is 0 Å². The van der Waals surface area contributed by atoms with Crippen LogP contribution in [0.5, 0.6) is 0 Å². The number of carbonyl (C=O) groups excluding carboxylic acids is 2. The standard InChI is InChI=1S/C18H19F3N4O4S/c1-24(2)30(28,29)13-9-14(23-10-13)17(27)25-8-7-22-16(26)15(25)11-3-5-12(6-4-11)18(19,20)21/h3-6,9-10,15,23H,7-8H2,1-2H3,(H,22,26). The molecule has 30 heavy (non-hydrogen) atoms. The number of rotatable bonds is 4. The maximum atomic E-state index is 13.0. The van der Waals surface area contributed by atoms with Crippen LogP contribution in [0.15, 0.2) is 41.4 Å². The fraction of sp³-hybridized carbons (Fsp3) is 0.333. The summed E-state index contributed by atoms with van der Waals surface area (Å²) >= 11 is 0. The molecule has 162 valence electrons. The molecule has 1 aliphatic heterocycles. The molecule has 12 heteroatoms. The number of alkyl halides is 3. The van der Waals surface area contributed by atoms with Crippen molar-refractivity contribution in [1.82, 2.24) is 19.5 Å². The van der Waals surface area contributed by atoms with Crippen molar-refractivity contribution in [3.8, 4) is 0 Å². The maximum Gasteiger partial charge on any atom is 0.416 e. The number of hydrogen-bond donors (Lipinski definition) is 2. The van der Waals surface area contributed by atoms with Crippen molar-refractivity contribution >= 4 is 21.8 Å². The van der Waals surface area contributed by atoms with Gasteiger partial charge in [-0.3, -0.25) is 9.59 Å². The van der Waals surface area contributed by atoms with Crippen LogP contribution in [-0.4, -0.2) is 61.6 Å². The van der Waals surface area contributed by atoms with Gasteiger partial charge in [-0.15, -0.1) is 0 Å². The smallest absolute Gasteiger partial charge is 0.356 e. The Bertz CT molecular complexity index is 1060. The van der Waals surface area contributed by atoms with Crippen LogP contribution in [-0.2, 0) is 21.0 Å². The Morgan fingerprint density at radius 1 is 1.20 bits per heavy atom. The number of benzene rings is 1. The molecule has 1 unspecified atom stereocenters. The molecular weight excluding hydrogens is 425 g/mol. The third-order valence-electron chi connectivity index (χ3n) is 4.69. The first-order valence-corrected chi connectivity index (χ1v) is 10.2. The van der Waals surface area contributed by atoms with E-state index >= 15 is 0 Å². The molecule has 2 N–H and O–H groups in total. The normalized spacial score (nSPS) is 17.9. The quantitative estimate of drug-likeness (QED) is 0.748. The molecule has 1 atom stereocenters. The van der Waals surface area contributed by atoms with E-state index in [-0.39, 0.29) is 29.2 Å². The number of nitrogens with one attached hydrogen (secondary N) is 2. The fourth-order valence-corrected chi connectivity index (χ4v) is 3.98. The lowest BCUT2D eigenvalue weighted by molar-refractivity contribution is -0.137. The lowest BCUT2D eigenvalue weighted by Gasteiger charge is -2.35. The van der Waals surface area contributed by atoms with Crippen molar-refractivity contribution in [2.75, 3.05) is 27.2 Å². The zero-order valence-electron chi connectivity index (χ0n) is 16.0. The summed E-state index contributed by atoms with van der Waals surface area (Å²) in [6.07, 6.45) is -3.36. The van der Waals surface area contributed by atoms with Gasteiger partial charge in [0.05, 0.1) is 5.56 Å². The zero-order valence-corrected chi connectivity index (χ0v) is 16.8. The van der Waals surface area contributed by atoms with E-state index in [4.69, 9.17) is 0 Å². The van der Waals surface area contributed by atoms with Gasteiger partial charge in [0, 0.05) is 33.4 Å². The number of piperazine rings is 1. The summed E-state index contributed by atoms with van der Waals surface area (Å²) in [6, 6.07) is 4.00. The number of amides is 2. The van der Waals surface area contributed by atoms with Crippen LogP contribution in [0.4, 0.5) is 13.2 Å². The number of H-pyrrole nitrogens is 1. The van der Waals surface area contributed by atoms with Crippen molar-refractivity contribution in [3.05, 3.63) is 53.3 Å². The third kappa shape index (κ3) is 4.05. The molecular formula is C18H19F3N4O4S. The van der Waals surface area contributed by atoms with Gasteiger partial charge in [-0.2, -0.15) is 13.2 Å². The number of aromatic amines is 1. The highest BCUT2D eigenvalue weighted by molar-refractivity contribution is 7.89. The Morgan fingerprint density at radius 3 is 2.40 bits per heavy atom. The molecule has 0 aliphatic carbocycles. The highest BCUT2D eigenvalue weighted by Crippen LogP contribution is 2.32. The average Bonchev–Trinajstić information content (AvgIpc) is 3.17. The summed E-state index contributed by atoms with van der Waals surface area (Å²) < 4.78 is 63.9. The number of halogens is 3. The molecule has 0 radical (unpaired) electrons. The van der Waals surface area contributed by atoms with Crippen molar-refractivity contribution in [1.29, 1.82) is 0 Å². The molecule has 1 fully saturated rings. The second kappa shape index (κ2) is 7.76. The Morgan fingerprint density at radius 2 is 1.83 bits per heavy atom. The highest BCUT2D eigenvalue weighted by Gasteiger charge is 2.37. The van der Waals surface area contributed by atoms with Crippen molar-refractivity contribution in [2.45, 2.75) is 17.1 Å². The van der Waals surface area contributed by atoms with Crippen LogP contribution in [0, 0.1) is 0 Å². The molecule has 2 amide bonds.